The lowest BCUT2D eigenvalue weighted by Gasteiger charge is -2.30. The van der Waals surface area contributed by atoms with Gasteiger partial charge in [0, 0.05) is 13.1 Å². The summed E-state index contributed by atoms with van der Waals surface area (Å²) in [5.41, 5.74) is 0. The highest BCUT2D eigenvalue weighted by molar-refractivity contribution is 5.91. The Kier molecular flexibility index (Phi) is 4.32. The number of piperidine rings is 1. The molecule has 1 aliphatic rings. The first-order valence-electron chi connectivity index (χ1n) is 6.28. The van der Waals surface area contributed by atoms with E-state index in [-0.39, 0.29) is 17.9 Å². The van der Waals surface area contributed by atoms with E-state index < -0.39 is 0 Å². The van der Waals surface area contributed by atoms with Crippen molar-refractivity contribution < 1.29 is 14.3 Å². The number of amides is 2. The van der Waals surface area contributed by atoms with Crippen molar-refractivity contribution in [1.29, 1.82) is 0 Å². The zero-order chi connectivity index (χ0) is 13.7. The summed E-state index contributed by atoms with van der Waals surface area (Å²) >= 11 is 0. The molecule has 0 saturated carbocycles. The molecule has 2 amide bonds. The molecular formula is C11H17N5O3. The molecule has 1 atom stereocenters. The Morgan fingerprint density at radius 1 is 1.63 bits per heavy atom. The van der Waals surface area contributed by atoms with E-state index in [2.05, 4.69) is 20.5 Å². The van der Waals surface area contributed by atoms with Gasteiger partial charge < -0.3 is 9.64 Å². The van der Waals surface area contributed by atoms with Crippen molar-refractivity contribution in [2.75, 3.05) is 25.0 Å². The number of nitrogens with one attached hydrogen (secondary N) is 2. The van der Waals surface area contributed by atoms with Crippen molar-refractivity contribution in [3.8, 4) is 0 Å². The second-order valence-corrected chi connectivity index (χ2v) is 4.31. The molecule has 2 heterocycles. The number of carbonyl (C=O) groups is 2. The number of carbonyl (C=O) groups excluding carboxylic acids is 2. The second kappa shape index (κ2) is 6.17. The van der Waals surface area contributed by atoms with Gasteiger partial charge in [0.05, 0.1) is 12.5 Å². The van der Waals surface area contributed by atoms with E-state index in [1.54, 1.807) is 11.8 Å². The number of anilines is 1. The lowest BCUT2D eigenvalue weighted by molar-refractivity contribution is -0.121. The van der Waals surface area contributed by atoms with Crippen LogP contribution in [0.1, 0.15) is 19.8 Å². The highest BCUT2D eigenvalue weighted by atomic mass is 16.6. The summed E-state index contributed by atoms with van der Waals surface area (Å²) in [5.74, 6) is -0.0905. The first-order chi connectivity index (χ1) is 9.20. The molecule has 0 aliphatic carbocycles. The van der Waals surface area contributed by atoms with Crippen molar-refractivity contribution in [3.63, 3.8) is 0 Å². The predicted molar refractivity (Wildman–Crippen MR) is 66.3 cm³/mol. The predicted octanol–water partition coefficient (Wildman–Crippen LogP) is 0.612. The van der Waals surface area contributed by atoms with Crippen LogP contribution < -0.4 is 5.32 Å². The Morgan fingerprint density at radius 3 is 3.16 bits per heavy atom. The summed E-state index contributed by atoms with van der Waals surface area (Å²) in [6.45, 7) is 3.10. The zero-order valence-corrected chi connectivity index (χ0v) is 10.8. The van der Waals surface area contributed by atoms with Gasteiger partial charge in [-0.1, -0.05) is 0 Å². The number of likely N-dealkylation sites (tertiary alicyclic amines) is 1. The maximum absolute atomic E-state index is 12.0. The van der Waals surface area contributed by atoms with Crippen LogP contribution in [0.25, 0.3) is 0 Å². The van der Waals surface area contributed by atoms with E-state index in [9.17, 15) is 9.59 Å². The molecule has 1 saturated heterocycles. The lowest BCUT2D eigenvalue weighted by atomic mass is 9.97. The standard InChI is InChI=1S/C11H17N5O3/c1-2-19-11(18)16-5-3-4-8(6-16)9(17)14-10-12-7-13-15-10/h7-8H,2-6H2,1H3,(H2,12,13,14,15,17). The fourth-order valence-electron chi connectivity index (χ4n) is 2.06. The molecular weight excluding hydrogens is 250 g/mol. The fourth-order valence-corrected chi connectivity index (χ4v) is 2.06. The molecule has 104 valence electrons. The largest absolute Gasteiger partial charge is 0.450 e. The monoisotopic (exact) mass is 267 g/mol. The summed E-state index contributed by atoms with van der Waals surface area (Å²) in [6, 6.07) is 0. The fraction of sp³-hybridized carbons (Fsp3) is 0.636. The van der Waals surface area contributed by atoms with E-state index in [0.29, 0.717) is 25.6 Å². The Labute approximate surface area is 110 Å². The van der Waals surface area contributed by atoms with Crippen molar-refractivity contribution in [2.45, 2.75) is 19.8 Å². The van der Waals surface area contributed by atoms with Gasteiger partial charge in [-0.05, 0) is 19.8 Å². The van der Waals surface area contributed by atoms with Crippen LogP contribution in [-0.2, 0) is 9.53 Å². The number of aromatic nitrogens is 3. The van der Waals surface area contributed by atoms with Gasteiger partial charge in [-0.25, -0.2) is 9.89 Å². The SMILES string of the molecule is CCOC(=O)N1CCCC(C(=O)Nc2ncn[nH]2)C1. The zero-order valence-electron chi connectivity index (χ0n) is 10.8. The highest BCUT2D eigenvalue weighted by Crippen LogP contribution is 2.18. The normalized spacial score (nSPS) is 19.0. The van der Waals surface area contributed by atoms with Crippen molar-refractivity contribution in [1.82, 2.24) is 20.1 Å². The van der Waals surface area contributed by atoms with Crippen LogP contribution in [0.3, 0.4) is 0 Å². The van der Waals surface area contributed by atoms with Gasteiger partial charge in [-0.15, -0.1) is 0 Å². The van der Waals surface area contributed by atoms with E-state index in [1.807, 2.05) is 0 Å². The van der Waals surface area contributed by atoms with Crippen LogP contribution in [0.2, 0.25) is 0 Å². The number of hydrogen-bond acceptors (Lipinski definition) is 5. The first kappa shape index (κ1) is 13.3. The van der Waals surface area contributed by atoms with Crippen molar-refractivity contribution in [2.24, 2.45) is 5.92 Å². The number of rotatable bonds is 3. The number of nitrogens with zero attached hydrogens (tertiary/aromatic N) is 3. The third kappa shape index (κ3) is 3.43. The third-order valence-corrected chi connectivity index (χ3v) is 2.97. The number of ether oxygens (including phenoxy) is 1. The van der Waals surface area contributed by atoms with Gasteiger partial charge in [0.1, 0.15) is 6.33 Å². The molecule has 0 aromatic carbocycles. The van der Waals surface area contributed by atoms with Gasteiger partial charge in [0.2, 0.25) is 11.9 Å². The molecule has 8 heteroatoms. The molecule has 1 aromatic rings. The lowest BCUT2D eigenvalue weighted by Crippen LogP contribution is -2.44. The molecule has 8 nitrogen and oxygen atoms in total. The van der Waals surface area contributed by atoms with Crippen LogP contribution in [0, 0.1) is 5.92 Å². The first-order valence-corrected chi connectivity index (χ1v) is 6.28. The van der Waals surface area contributed by atoms with Gasteiger partial charge in [0.15, 0.2) is 0 Å². The topological polar surface area (TPSA) is 100 Å². The molecule has 2 N–H and O–H groups in total. The Hall–Kier alpha value is -2.12. The molecule has 0 radical (unpaired) electrons. The van der Waals surface area contributed by atoms with Crippen LogP contribution in [0.15, 0.2) is 6.33 Å². The number of hydrogen-bond donors (Lipinski definition) is 2. The van der Waals surface area contributed by atoms with Crippen LogP contribution in [0.4, 0.5) is 10.7 Å². The second-order valence-electron chi connectivity index (χ2n) is 4.31. The molecule has 0 spiro atoms. The maximum atomic E-state index is 12.0. The van der Waals surface area contributed by atoms with E-state index in [1.165, 1.54) is 6.33 Å². The van der Waals surface area contributed by atoms with Crippen LogP contribution >= 0.6 is 0 Å². The van der Waals surface area contributed by atoms with Gasteiger partial charge in [0.25, 0.3) is 0 Å². The maximum Gasteiger partial charge on any atom is 0.409 e. The van der Waals surface area contributed by atoms with Crippen molar-refractivity contribution >= 4 is 17.9 Å². The Balaban J connectivity index is 1.89. The quantitative estimate of drug-likeness (QED) is 0.835. The van der Waals surface area contributed by atoms with Gasteiger partial charge in [-0.3, -0.25) is 10.1 Å². The van der Waals surface area contributed by atoms with Gasteiger partial charge >= 0.3 is 6.09 Å². The molecule has 1 aliphatic heterocycles. The molecule has 1 unspecified atom stereocenters. The Morgan fingerprint density at radius 2 is 2.47 bits per heavy atom. The summed E-state index contributed by atoms with van der Waals surface area (Å²) < 4.78 is 4.94. The summed E-state index contributed by atoms with van der Waals surface area (Å²) in [5, 5.41) is 8.85. The average Bonchev–Trinajstić information content (AvgIpc) is 2.92. The van der Waals surface area contributed by atoms with Crippen LogP contribution in [-0.4, -0.2) is 51.8 Å². The Bertz CT molecular complexity index is 434. The molecule has 0 bridgehead atoms. The molecule has 19 heavy (non-hydrogen) atoms. The van der Waals surface area contributed by atoms with Crippen molar-refractivity contribution in [3.05, 3.63) is 6.33 Å². The number of H-pyrrole nitrogens is 1. The molecule has 2 rings (SSSR count). The minimum atomic E-state index is -0.361. The third-order valence-electron chi connectivity index (χ3n) is 2.97. The van der Waals surface area contributed by atoms with E-state index in [4.69, 9.17) is 4.74 Å². The molecule has 1 aromatic heterocycles. The highest BCUT2D eigenvalue weighted by Gasteiger charge is 2.29. The van der Waals surface area contributed by atoms with Crippen LogP contribution in [0.5, 0.6) is 0 Å². The molecule has 1 fully saturated rings. The summed E-state index contributed by atoms with van der Waals surface area (Å²) in [4.78, 5) is 29.0. The smallest absolute Gasteiger partial charge is 0.409 e. The number of aromatic amines is 1. The summed E-state index contributed by atoms with van der Waals surface area (Å²) in [7, 11) is 0. The minimum absolute atomic E-state index is 0.161. The van der Waals surface area contributed by atoms with E-state index >= 15 is 0 Å². The summed E-state index contributed by atoms with van der Waals surface area (Å²) in [6.07, 6.45) is 2.49. The van der Waals surface area contributed by atoms with E-state index in [0.717, 1.165) is 12.8 Å². The average molecular weight is 267 g/mol. The van der Waals surface area contributed by atoms with Gasteiger partial charge in [-0.2, -0.15) is 10.1 Å². The minimum Gasteiger partial charge on any atom is -0.450 e.